The number of fused-ring (bicyclic) bond motifs is 1. The Bertz CT molecular complexity index is 1160. The number of anilines is 3. The van der Waals surface area contributed by atoms with Crippen molar-refractivity contribution in [3.63, 3.8) is 0 Å². The molecule has 2 N–H and O–H groups in total. The first kappa shape index (κ1) is 21.9. The summed E-state index contributed by atoms with van der Waals surface area (Å²) >= 11 is 6.56. The average molecular weight is 481 g/mol. The van der Waals surface area contributed by atoms with Gasteiger partial charge in [0.2, 0.25) is 0 Å². The number of nitrogens with one attached hydrogen (secondary N) is 2. The zero-order valence-electron chi connectivity index (χ0n) is 19.9. The number of nitrogens with zero attached hydrogens (tertiary/aromatic N) is 6. The molecule has 1 aliphatic carbocycles. The third-order valence-electron chi connectivity index (χ3n) is 7.54. The summed E-state index contributed by atoms with van der Waals surface area (Å²) in [7, 11) is 0. The lowest BCUT2D eigenvalue weighted by atomic mass is 10.1. The van der Waals surface area contributed by atoms with Crippen molar-refractivity contribution in [1.29, 1.82) is 0 Å². The van der Waals surface area contributed by atoms with Crippen molar-refractivity contribution in [3.8, 4) is 0 Å². The van der Waals surface area contributed by atoms with Crippen molar-refractivity contribution < 1.29 is 0 Å². The molecule has 0 bridgehead atoms. The molecular formula is C25H33ClN8. The smallest absolute Gasteiger partial charge is 0.161 e. The van der Waals surface area contributed by atoms with Crippen LogP contribution in [0.3, 0.4) is 0 Å². The molecule has 4 heterocycles. The molecule has 3 aromatic rings. The van der Waals surface area contributed by atoms with Crippen LogP contribution in [-0.4, -0.2) is 77.4 Å². The molecule has 0 atom stereocenters. The fourth-order valence-electron chi connectivity index (χ4n) is 5.45. The molecule has 180 valence electrons. The minimum Gasteiger partial charge on any atom is -0.383 e. The van der Waals surface area contributed by atoms with E-state index >= 15 is 0 Å². The van der Waals surface area contributed by atoms with E-state index < -0.39 is 0 Å². The van der Waals surface area contributed by atoms with Crippen LogP contribution in [0.4, 0.5) is 17.2 Å². The first-order valence-corrected chi connectivity index (χ1v) is 13.0. The van der Waals surface area contributed by atoms with Crippen molar-refractivity contribution in [2.24, 2.45) is 0 Å². The first-order valence-electron chi connectivity index (χ1n) is 12.6. The lowest BCUT2D eigenvalue weighted by Crippen LogP contribution is -2.47. The van der Waals surface area contributed by atoms with Gasteiger partial charge in [0.25, 0.3) is 0 Å². The van der Waals surface area contributed by atoms with Crippen molar-refractivity contribution in [1.82, 2.24) is 25.1 Å². The zero-order valence-corrected chi connectivity index (χ0v) is 20.6. The van der Waals surface area contributed by atoms with Crippen molar-refractivity contribution in [2.75, 3.05) is 67.5 Å². The predicted octanol–water partition coefficient (Wildman–Crippen LogP) is 4.03. The van der Waals surface area contributed by atoms with Gasteiger partial charge in [0.1, 0.15) is 12.1 Å². The third kappa shape index (κ3) is 4.29. The molecule has 3 aliphatic rings. The molecule has 9 heteroatoms. The Labute approximate surface area is 205 Å². The molecule has 6 rings (SSSR count). The van der Waals surface area contributed by atoms with E-state index in [2.05, 4.69) is 59.2 Å². The topological polar surface area (TPSA) is 76.2 Å². The maximum Gasteiger partial charge on any atom is 0.161 e. The standard InChI is InChI=1S/C25H33ClN8/c1-17-20(27-6-9-32-7-2-3-8-32)14-19(26)15-21(17)33-10-12-34(13-11-33)25-22-23(18-4-5-18)30-31-24(22)28-16-29-25/h14-16,18,27H,2-13H2,1H3,(H,28,29,30,31). The average Bonchev–Trinajstić information content (AvgIpc) is 3.38. The number of hydrogen-bond donors (Lipinski definition) is 2. The monoisotopic (exact) mass is 480 g/mol. The molecule has 2 aliphatic heterocycles. The number of piperazine rings is 1. The molecule has 2 aromatic heterocycles. The van der Waals surface area contributed by atoms with Crippen LogP contribution < -0.4 is 15.1 Å². The van der Waals surface area contributed by atoms with E-state index in [9.17, 15) is 0 Å². The van der Waals surface area contributed by atoms with E-state index in [-0.39, 0.29) is 0 Å². The van der Waals surface area contributed by atoms with E-state index in [0.29, 0.717) is 5.92 Å². The summed E-state index contributed by atoms with van der Waals surface area (Å²) in [5.41, 5.74) is 5.64. The fraction of sp³-hybridized carbons (Fsp3) is 0.560. The highest BCUT2D eigenvalue weighted by Crippen LogP contribution is 2.43. The van der Waals surface area contributed by atoms with Crippen LogP contribution in [0.5, 0.6) is 0 Å². The minimum atomic E-state index is 0.560. The summed E-state index contributed by atoms with van der Waals surface area (Å²) in [6.45, 7) is 10.4. The second-order valence-corrected chi connectivity index (χ2v) is 10.3. The van der Waals surface area contributed by atoms with Crippen LogP contribution in [0.1, 0.15) is 42.9 Å². The summed E-state index contributed by atoms with van der Waals surface area (Å²) in [5.74, 6) is 1.58. The largest absolute Gasteiger partial charge is 0.383 e. The highest BCUT2D eigenvalue weighted by atomic mass is 35.5. The first-order chi connectivity index (χ1) is 16.7. The molecule has 34 heavy (non-hydrogen) atoms. The summed E-state index contributed by atoms with van der Waals surface area (Å²) in [4.78, 5) is 16.5. The third-order valence-corrected chi connectivity index (χ3v) is 7.76. The van der Waals surface area contributed by atoms with Crippen molar-refractivity contribution >= 4 is 39.8 Å². The number of likely N-dealkylation sites (tertiary alicyclic amines) is 1. The number of benzene rings is 1. The van der Waals surface area contributed by atoms with Crippen molar-refractivity contribution in [3.05, 3.63) is 34.7 Å². The Morgan fingerprint density at radius 1 is 1.03 bits per heavy atom. The van der Waals surface area contributed by atoms with Gasteiger partial charge in [-0.1, -0.05) is 11.6 Å². The maximum absolute atomic E-state index is 6.56. The van der Waals surface area contributed by atoms with Gasteiger partial charge in [-0.2, -0.15) is 5.10 Å². The van der Waals surface area contributed by atoms with Crippen LogP contribution in [0.15, 0.2) is 18.5 Å². The summed E-state index contributed by atoms with van der Waals surface area (Å²) in [6.07, 6.45) is 6.74. The lowest BCUT2D eigenvalue weighted by molar-refractivity contribution is 0.352. The number of H-pyrrole nitrogens is 1. The number of hydrogen-bond acceptors (Lipinski definition) is 7. The van der Waals surface area contributed by atoms with Gasteiger partial charge < -0.3 is 20.0 Å². The molecule has 2 saturated heterocycles. The Hall–Kier alpha value is -2.58. The number of halogens is 1. The van der Waals surface area contributed by atoms with E-state index in [1.165, 1.54) is 50.0 Å². The number of aromatic nitrogens is 4. The van der Waals surface area contributed by atoms with Gasteiger partial charge in [-0.25, -0.2) is 9.97 Å². The normalized spacial score (nSPS) is 19.4. The fourth-order valence-corrected chi connectivity index (χ4v) is 5.66. The second kappa shape index (κ2) is 9.23. The molecule has 0 spiro atoms. The zero-order chi connectivity index (χ0) is 23.1. The molecule has 0 unspecified atom stereocenters. The van der Waals surface area contributed by atoms with E-state index in [0.717, 1.165) is 72.5 Å². The summed E-state index contributed by atoms with van der Waals surface area (Å²) in [5, 5.41) is 13.2. The van der Waals surface area contributed by atoms with Crippen LogP contribution >= 0.6 is 11.6 Å². The van der Waals surface area contributed by atoms with Gasteiger partial charge in [0, 0.05) is 61.6 Å². The molecule has 0 amide bonds. The van der Waals surface area contributed by atoms with Crippen LogP contribution in [0, 0.1) is 6.92 Å². The molecular weight excluding hydrogens is 448 g/mol. The molecule has 8 nitrogen and oxygen atoms in total. The molecule has 1 saturated carbocycles. The van der Waals surface area contributed by atoms with Gasteiger partial charge in [0.15, 0.2) is 5.65 Å². The predicted molar refractivity (Wildman–Crippen MR) is 138 cm³/mol. The van der Waals surface area contributed by atoms with E-state index in [1.54, 1.807) is 6.33 Å². The summed E-state index contributed by atoms with van der Waals surface area (Å²) in [6, 6.07) is 4.18. The second-order valence-electron chi connectivity index (χ2n) is 9.85. The maximum atomic E-state index is 6.56. The summed E-state index contributed by atoms with van der Waals surface area (Å²) < 4.78 is 0. The number of aromatic amines is 1. The molecule has 0 radical (unpaired) electrons. The highest BCUT2D eigenvalue weighted by Gasteiger charge is 2.31. The highest BCUT2D eigenvalue weighted by molar-refractivity contribution is 6.31. The van der Waals surface area contributed by atoms with Gasteiger partial charge in [-0.05, 0) is 63.4 Å². The Balaban J connectivity index is 1.16. The quantitative estimate of drug-likeness (QED) is 0.528. The lowest BCUT2D eigenvalue weighted by Gasteiger charge is -2.38. The van der Waals surface area contributed by atoms with Crippen LogP contribution in [-0.2, 0) is 0 Å². The van der Waals surface area contributed by atoms with E-state index in [1.807, 2.05) is 0 Å². The van der Waals surface area contributed by atoms with Crippen LogP contribution in [0.2, 0.25) is 5.02 Å². The van der Waals surface area contributed by atoms with Gasteiger partial charge in [-0.3, -0.25) is 5.10 Å². The van der Waals surface area contributed by atoms with Gasteiger partial charge in [-0.15, -0.1) is 0 Å². The van der Waals surface area contributed by atoms with Gasteiger partial charge in [0.05, 0.1) is 11.1 Å². The minimum absolute atomic E-state index is 0.560. The van der Waals surface area contributed by atoms with Crippen molar-refractivity contribution in [2.45, 2.75) is 38.5 Å². The SMILES string of the molecule is Cc1c(NCCN2CCCC2)cc(Cl)cc1N1CCN(c2ncnc3[nH]nc(C4CC4)c23)CC1. The van der Waals surface area contributed by atoms with E-state index in [4.69, 9.17) is 11.6 Å². The Morgan fingerprint density at radius 3 is 2.56 bits per heavy atom. The van der Waals surface area contributed by atoms with Gasteiger partial charge >= 0.3 is 0 Å². The molecule has 3 fully saturated rings. The van der Waals surface area contributed by atoms with Crippen LogP contribution in [0.25, 0.3) is 11.0 Å². The Morgan fingerprint density at radius 2 is 1.79 bits per heavy atom. The Kier molecular flexibility index (Phi) is 5.95. The number of rotatable bonds is 7. The molecule has 1 aromatic carbocycles.